The van der Waals surface area contributed by atoms with Crippen molar-refractivity contribution < 1.29 is 17.9 Å². The molecule has 9 heteroatoms. The van der Waals surface area contributed by atoms with E-state index in [9.17, 15) is 13.2 Å². The van der Waals surface area contributed by atoms with Crippen molar-refractivity contribution in [2.45, 2.75) is 4.90 Å². The molecular formula is C21H22N4O4S. The first-order valence-corrected chi connectivity index (χ1v) is 10.7. The van der Waals surface area contributed by atoms with Crippen LogP contribution in [0.2, 0.25) is 0 Å². The number of nitrogens with one attached hydrogen (secondary N) is 3. The molecule has 1 amide bonds. The predicted molar refractivity (Wildman–Crippen MR) is 114 cm³/mol. The van der Waals surface area contributed by atoms with E-state index in [1.54, 1.807) is 31.4 Å². The van der Waals surface area contributed by atoms with Crippen LogP contribution in [0, 0.1) is 0 Å². The number of hydrogen-bond donors (Lipinski definition) is 3. The molecule has 0 saturated heterocycles. The van der Waals surface area contributed by atoms with Gasteiger partial charge in [0.1, 0.15) is 10.6 Å². The molecular weight excluding hydrogens is 404 g/mol. The number of sulfonamides is 1. The molecule has 3 N–H and O–H groups in total. The van der Waals surface area contributed by atoms with Crippen molar-refractivity contribution in [3.63, 3.8) is 0 Å². The standard InChI is InChI=1S/C21H22N4O4S/c1-29-17-10-8-16(9-11-17)25-20-7-3-2-6-19(20)21(26)23-13-14-24-30(27,28)18-5-4-12-22-15-18/h2-12,15,24-25H,13-14H2,1H3,(H,23,26). The number of amides is 1. The maximum absolute atomic E-state index is 12.6. The second-order valence-electron chi connectivity index (χ2n) is 6.24. The highest BCUT2D eigenvalue weighted by Crippen LogP contribution is 2.22. The van der Waals surface area contributed by atoms with Gasteiger partial charge in [-0.25, -0.2) is 13.1 Å². The van der Waals surface area contributed by atoms with E-state index in [2.05, 4.69) is 20.3 Å². The van der Waals surface area contributed by atoms with Crippen molar-refractivity contribution in [1.29, 1.82) is 0 Å². The van der Waals surface area contributed by atoms with Crippen molar-refractivity contribution in [3.05, 3.63) is 78.6 Å². The van der Waals surface area contributed by atoms with Gasteiger partial charge in [0.05, 0.1) is 18.4 Å². The first-order valence-electron chi connectivity index (χ1n) is 9.17. The number of carbonyl (C=O) groups is 1. The molecule has 0 saturated carbocycles. The number of rotatable bonds is 9. The second-order valence-corrected chi connectivity index (χ2v) is 8.01. The van der Waals surface area contributed by atoms with E-state index in [1.165, 1.54) is 18.5 Å². The van der Waals surface area contributed by atoms with Crippen molar-refractivity contribution in [3.8, 4) is 5.75 Å². The van der Waals surface area contributed by atoms with E-state index in [0.29, 0.717) is 11.3 Å². The van der Waals surface area contributed by atoms with Crippen LogP contribution >= 0.6 is 0 Å². The smallest absolute Gasteiger partial charge is 0.253 e. The number of nitrogens with zero attached hydrogens (tertiary/aromatic N) is 1. The Morgan fingerprint density at radius 2 is 1.77 bits per heavy atom. The van der Waals surface area contributed by atoms with E-state index >= 15 is 0 Å². The summed E-state index contributed by atoms with van der Waals surface area (Å²) in [6.07, 6.45) is 2.76. The van der Waals surface area contributed by atoms with Crippen LogP contribution in [0.1, 0.15) is 10.4 Å². The number of anilines is 2. The molecule has 0 bridgehead atoms. The van der Waals surface area contributed by atoms with E-state index in [4.69, 9.17) is 4.74 Å². The highest BCUT2D eigenvalue weighted by Gasteiger charge is 2.14. The molecule has 0 aliphatic heterocycles. The normalized spacial score (nSPS) is 11.0. The molecule has 30 heavy (non-hydrogen) atoms. The molecule has 1 aromatic heterocycles. The minimum absolute atomic E-state index is 0.0526. The van der Waals surface area contributed by atoms with Gasteiger partial charge in [0, 0.05) is 31.2 Å². The zero-order valence-corrected chi connectivity index (χ0v) is 17.1. The van der Waals surface area contributed by atoms with Gasteiger partial charge < -0.3 is 15.4 Å². The fourth-order valence-electron chi connectivity index (χ4n) is 2.67. The molecule has 0 aliphatic rings. The Morgan fingerprint density at radius 1 is 1.00 bits per heavy atom. The summed E-state index contributed by atoms with van der Waals surface area (Å²) in [5.74, 6) is 0.424. The second kappa shape index (κ2) is 9.86. The molecule has 2 aromatic carbocycles. The Balaban J connectivity index is 1.58. The predicted octanol–water partition coefficient (Wildman–Crippen LogP) is 2.54. The highest BCUT2D eigenvalue weighted by atomic mass is 32.2. The van der Waals surface area contributed by atoms with Gasteiger partial charge in [0.2, 0.25) is 10.0 Å². The number of carbonyl (C=O) groups excluding carboxylic acids is 1. The number of ether oxygens (including phenoxy) is 1. The largest absolute Gasteiger partial charge is 0.497 e. The Labute approximate surface area is 175 Å². The van der Waals surface area contributed by atoms with E-state index in [0.717, 1.165) is 11.4 Å². The van der Waals surface area contributed by atoms with Gasteiger partial charge in [-0.15, -0.1) is 0 Å². The molecule has 0 radical (unpaired) electrons. The van der Waals surface area contributed by atoms with Gasteiger partial charge in [0.15, 0.2) is 0 Å². The molecule has 8 nitrogen and oxygen atoms in total. The Bertz CT molecular complexity index is 1090. The van der Waals surface area contributed by atoms with Gasteiger partial charge in [-0.1, -0.05) is 12.1 Å². The SMILES string of the molecule is COc1ccc(Nc2ccccc2C(=O)NCCNS(=O)(=O)c2cccnc2)cc1. The molecule has 0 unspecified atom stereocenters. The van der Waals surface area contributed by atoms with Gasteiger partial charge in [-0.3, -0.25) is 9.78 Å². The number of hydrogen-bond acceptors (Lipinski definition) is 6. The van der Waals surface area contributed by atoms with Crippen LogP contribution in [0.4, 0.5) is 11.4 Å². The fraction of sp³-hybridized carbons (Fsp3) is 0.143. The third-order valence-electron chi connectivity index (χ3n) is 4.19. The molecule has 0 fully saturated rings. The highest BCUT2D eigenvalue weighted by molar-refractivity contribution is 7.89. The number of aromatic nitrogens is 1. The average molecular weight is 426 g/mol. The molecule has 3 aromatic rings. The molecule has 1 heterocycles. The van der Waals surface area contributed by atoms with Gasteiger partial charge >= 0.3 is 0 Å². The number of para-hydroxylation sites is 1. The number of benzene rings is 2. The van der Waals surface area contributed by atoms with E-state index < -0.39 is 10.0 Å². The minimum atomic E-state index is -3.66. The lowest BCUT2D eigenvalue weighted by Crippen LogP contribution is -2.34. The Kier molecular flexibility index (Phi) is 6.99. The quantitative estimate of drug-likeness (QED) is 0.454. The Morgan fingerprint density at radius 3 is 2.47 bits per heavy atom. The van der Waals surface area contributed by atoms with Crippen molar-refractivity contribution in [2.75, 3.05) is 25.5 Å². The average Bonchev–Trinajstić information content (AvgIpc) is 2.78. The summed E-state index contributed by atoms with van der Waals surface area (Å²) in [5.41, 5.74) is 1.89. The summed E-state index contributed by atoms with van der Waals surface area (Å²) in [6, 6.07) is 17.4. The zero-order valence-electron chi connectivity index (χ0n) is 16.3. The van der Waals surface area contributed by atoms with E-state index in [-0.39, 0.29) is 23.9 Å². The third-order valence-corrected chi connectivity index (χ3v) is 5.63. The maximum Gasteiger partial charge on any atom is 0.253 e. The Hall–Kier alpha value is -3.43. The summed E-state index contributed by atoms with van der Waals surface area (Å²) in [7, 11) is -2.07. The van der Waals surface area contributed by atoms with Crippen LogP contribution in [-0.2, 0) is 10.0 Å². The van der Waals surface area contributed by atoms with E-state index in [1.807, 2.05) is 30.3 Å². The topological polar surface area (TPSA) is 109 Å². The lowest BCUT2D eigenvalue weighted by molar-refractivity contribution is 0.0955. The summed E-state index contributed by atoms with van der Waals surface area (Å²) in [5, 5.41) is 5.93. The van der Waals surface area contributed by atoms with Gasteiger partial charge in [-0.05, 0) is 48.5 Å². The summed E-state index contributed by atoms with van der Waals surface area (Å²) in [4.78, 5) is 16.5. The van der Waals surface area contributed by atoms with Crippen LogP contribution in [-0.4, -0.2) is 39.5 Å². The molecule has 0 spiro atoms. The van der Waals surface area contributed by atoms with Crippen LogP contribution in [0.3, 0.4) is 0 Å². The van der Waals surface area contributed by atoms with Crippen LogP contribution in [0.5, 0.6) is 5.75 Å². The van der Waals surface area contributed by atoms with Gasteiger partial charge in [-0.2, -0.15) is 0 Å². The molecule has 0 atom stereocenters. The van der Waals surface area contributed by atoms with Crippen LogP contribution in [0.25, 0.3) is 0 Å². The monoisotopic (exact) mass is 426 g/mol. The van der Waals surface area contributed by atoms with Crippen molar-refractivity contribution in [2.24, 2.45) is 0 Å². The molecule has 0 aliphatic carbocycles. The summed E-state index contributed by atoms with van der Waals surface area (Å²) < 4.78 is 31.9. The van der Waals surface area contributed by atoms with Crippen molar-refractivity contribution >= 4 is 27.3 Å². The summed E-state index contributed by atoms with van der Waals surface area (Å²) in [6.45, 7) is 0.187. The summed E-state index contributed by atoms with van der Waals surface area (Å²) >= 11 is 0. The van der Waals surface area contributed by atoms with Gasteiger partial charge in [0.25, 0.3) is 5.91 Å². The first kappa shape index (κ1) is 21.3. The lowest BCUT2D eigenvalue weighted by atomic mass is 10.1. The van der Waals surface area contributed by atoms with Crippen LogP contribution < -0.4 is 20.1 Å². The van der Waals surface area contributed by atoms with Crippen LogP contribution in [0.15, 0.2) is 78.0 Å². The molecule has 156 valence electrons. The number of methoxy groups -OCH3 is 1. The maximum atomic E-state index is 12.6. The third kappa shape index (κ3) is 5.56. The molecule has 3 rings (SSSR count). The first-order chi connectivity index (χ1) is 14.5. The minimum Gasteiger partial charge on any atom is -0.497 e. The fourth-order valence-corrected chi connectivity index (χ4v) is 3.66. The van der Waals surface area contributed by atoms with Crippen molar-refractivity contribution in [1.82, 2.24) is 15.0 Å². The lowest BCUT2D eigenvalue weighted by Gasteiger charge is -2.13. The number of pyridine rings is 1. The zero-order chi connectivity index (χ0) is 21.4.